The van der Waals surface area contributed by atoms with Crippen LogP contribution in [0.3, 0.4) is 0 Å². The molecular formula is C14H12N2OS. The zero-order valence-corrected chi connectivity index (χ0v) is 10.4. The molecule has 3 rings (SSSR count). The molecule has 0 radical (unpaired) electrons. The molecule has 0 atom stereocenters. The molecule has 0 aliphatic heterocycles. The van der Waals surface area contributed by atoms with Crippen molar-refractivity contribution in [1.82, 2.24) is 4.98 Å². The molecule has 0 saturated heterocycles. The van der Waals surface area contributed by atoms with E-state index < -0.39 is 0 Å². The molecule has 4 heteroatoms. The second-order valence-corrected chi connectivity index (χ2v) is 5.00. The second-order valence-electron chi connectivity index (χ2n) is 3.97. The molecule has 0 spiro atoms. The van der Waals surface area contributed by atoms with Crippen molar-refractivity contribution >= 4 is 26.7 Å². The summed E-state index contributed by atoms with van der Waals surface area (Å²) in [7, 11) is 0. The van der Waals surface area contributed by atoms with Crippen LogP contribution in [0.25, 0.3) is 10.2 Å². The van der Waals surface area contributed by atoms with Gasteiger partial charge in [-0.3, -0.25) is 0 Å². The van der Waals surface area contributed by atoms with Crippen LogP contribution in [0, 0.1) is 0 Å². The number of phenols is 1. The fourth-order valence-electron chi connectivity index (χ4n) is 1.78. The lowest BCUT2D eigenvalue weighted by atomic mass is 10.2. The molecular weight excluding hydrogens is 244 g/mol. The maximum Gasteiger partial charge on any atom is 0.184 e. The molecule has 2 N–H and O–H groups in total. The fourth-order valence-corrected chi connectivity index (χ4v) is 2.64. The van der Waals surface area contributed by atoms with Gasteiger partial charge in [-0.15, -0.1) is 0 Å². The first-order chi connectivity index (χ1) is 8.83. The van der Waals surface area contributed by atoms with Crippen LogP contribution in [0.1, 0.15) is 5.56 Å². The van der Waals surface area contributed by atoms with Crippen molar-refractivity contribution in [3.63, 3.8) is 0 Å². The monoisotopic (exact) mass is 256 g/mol. The Labute approximate surface area is 109 Å². The van der Waals surface area contributed by atoms with Gasteiger partial charge in [-0.2, -0.15) is 0 Å². The largest absolute Gasteiger partial charge is 0.508 e. The third-order valence-corrected chi connectivity index (χ3v) is 3.71. The second kappa shape index (κ2) is 4.66. The van der Waals surface area contributed by atoms with Gasteiger partial charge in [-0.1, -0.05) is 41.7 Å². The van der Waals surface area contributed by atoms with E-state index in [0.29, 0.717) is 12.3 Å². The minimum absolute atomic E-state index is 0.311. The quantitative estimate of drug-likeness (QED) is 0.752. The van der Waals surface area contributed by atoms with Crippen molar-refractivity contribution in [2.24, 2.45) is 0 Å². The maximum absolute atomic E-state index is 9.67. The van der Waals surface area contributed by atoms with Crippen molar-refractivity contribution in [3.05, 3.63) is 54.1 Å². The number of nitrogens with one attached hydrogen (secondary N) is 1. The van der Waals surface area contributed by atoms with E-state index in [2.05, 4.69) is 16.4 Å². The van der Waals surface area contributed by atoms with Crippen LogP contribution in [0.15, 0.2) is 48.5 Å². The summed E-state index contributed by atoms with van der Waals surface area (Å²) in [5.41, 5.74) is 1.87. The third kappa shape index (κ3) is 2.15. The molecule has 0 bridgehead atoms. The zero-order chi connectivity index (χ0) is 12.4. The number of aromatic nitrogens is 1. The zero-order valence-electron chi connectivity index (χ0n) is 9.63. The van der Waals surface area contributed by atoms with Gasteiger partial charge >= 0.3 is 0 Å². The summed E-state index contributed by atoms with van der Waals surface area (Å²) in [5.74, 6) is 0.311. The number of hydrogen-bond acceptors (Lipinski definition) is 4. The number of aromatic hydroxyl groups is 1. The molecule has 1 aromatic heterocycles. The molecule has 0 saturated carbocycles. The Balaban J connectivity index is 1.79. The first kappa shape index (κ1) is 11.0. The normalized spacial score (nSPS) is 10.7. The summed E-state index contributed by atoms with van der Waals surface area (Å²) in [6.45, 7) is 0.576. The van der Waals surface area contributed by atoms with Gasteiger partial charge in [0.05, 0.1) is 10.2 Å². The predicted octanol–water partition coefficient (Wildman–Crippen LogP) is 3.61. The lowest BCUT2D eigenvalue weighted by Crippen LogP contribution is -1.98. The first-order valence-electron chi connectivity index (χ1n) is 5.69. The SMILES string of the molecule is Oc1ccccc1CNc1nc2ccccc2s1. The van der Waals surface area contributed by atoms with Gasteiger partial charge in [0.25, 0.3) is 0 Å². The Morgan fingerprint density at radius 2 is 1.83 bits per heavy atom. The highest BCUT2D eigenvalue weighted by Crippen LogP contribution is 2.26. The number of anilines is 1. The molecule has 0 amide bonds. The molecule has 0 aliphatic carbocycles. The smallest absolute Gasteiger partial charge is 0.184 e. The number of fused-ring (bicyclic) bond motifs is 1. The predicted molar refractivity (Wildman–Crippen MR) is 75.1 cm³/mol. The van der Waals surface area contributed by atoms with E-state index in [1.165, 1.54) is 0 Å². The Hall–Kier alpha value is -2.07. The Morgan fingerprint density at radius 1 is 1.06 bits per heavy atom. The van der Waals surface area contributed by atoms with E-state index in [0.717, 1.165) is 20.9 Å². The third-order valence-electron chi connectivity index (χ3n) is 2.72. The average molecular weight is 256 g/mol. The number of benzene rings is 2. The summed E-state index contributed by atoms with van der Waals surface area (Å²) < 4.78 is 1.16. The Morgan fingerprint density at radius 3 is 2.67 bits per heavy atom. The fraction of sp³-hybridized carbons (Fsp3) is 0.0714. The van der Waals surface area contributed by atoms with Crippen LogP contribution in [0.4, 0.5) is 5.13 Å². The van der Waals surface area contributed by atoms with Crippen molar-refractivity contribution in [3.8, 4) is 5.75 Å². The molecule has 2 aromatic carbocycles. The maximum atomic E-state index is 9.67. The summed E-state index contributed by atoms with van der Waals surface area (Å²) in [6.07, 6.45) is 0. The minimum atomic E-state index is 0.311. The average Bonchev–Trinajstić information content (AvgIpc) is 2.80. The number of nitrogens with zero attached hydrogens (tertiary/aromatic N) is 1. The first-order valence-corrected chi connectivity index (χ1v) is 6.51. The topological polar surface area (TPSA) is 45.1 Å². The van der Waals surface area contributed by atoms with E-state index >= 15 is 0 Å². The summed E-state index contributed by atoms with van der Waals surface area (Å²) >= 11 is 1.62. The van der Waals surface area contributed by atoms with E-state index in [-0.39, 0.29) is 0 Å². The van der Waals surface area contributed by atoms with E-state index in [1.54, 1.807) is 17.4 Å². The van der Waals surface area contributed by atoms with Gasteiger partial charge in [0, 0.05) is 12.1 Å². The van der Waals surface area contributed by atoms with Gasteiger partial charge in [0.2, 0.25) is 0 Å². The molecule has 0 fully saturated rings. The molecule has 18 heavy (non-hydrogen) atoms. The Bertz CT molecular complexity index is 645. The van der Waals surface area contributed by atoms with Crippen molar-refractivity contribution in [1.29, 1.82) is 0 Å². The number of rotatable bonds is 3. The Kier molecular flexibility index (Phi) is 2.86. The molecule has 1 heterocycles. The highest BCUT2D eigenvalue weighted by molar-refractivity contribution is 7.22. The van der Waals surface area contributed by atoms with Gasteiger partial charge in [-0.25, -0.2) is 4.98 Å². The minimum Gasteiger partial charge on any atom is -0.508 e. The van der Waals surface area contributed by atoms with E-state index in [1.807, 2.05) is 36.4 Å². The van der Waals surface area contributed by atoms with Crippen LogP contribution in [0.5, 0.6) is 5.75 Å². The number of hydrogen-bond donors (Lipinski definition) is 2. The van der Waals surface area contributed by atoms with Crippen molar-refractivity contribution in [2.45, 2.75) is 6.54 Å². The molecule has 0 aliphatic rings. The highest BCUT2D eigenvalue weighted by Gasteiger charge is 2.04. The lowest BCUT2D eigenvalue weighted by molar-refractivity contribution is 0.469. The lowest BCUT2D eigenvalue weighted by Gasteiger charge is -2.04. The summed E-state index contributed by atoms with van der Waals surface area (Å²) in [4.78, 5) is 4.48. The summed E-state index contributed by atoms with van der Waals surface area (Å²) in [5, 5.41) is 13.8. The van der Waals surface area contributed by atoms with Crippen LogP contribution in [-0.2, 0) is 6.54 Å². The summed E-state index contributed by atoms with van der Waals surface area (Å²) in [6, 6.07) is 15.4. The van der Waals surface area contributed by atoms with Crippen molar-refractivity contribution < 1.29 is 5.11 Å². The van der Waals surface area contributed by atoms with Gasteiger partial charge in [0.15, 0.2) is 5.13 Å². The van der Waals surface area contributed by atoms with Gasteiger partial charge in [0.1, 0.15) is 5.75 Å². The van der Waals surface area contributed by atoms with Crippen molar-refractivity contribution in [2.75, 3.05) is 5.32 Å². The van der Waals surface area contributed by atoms with Crippen LogP contribution < -0.4 is 5.32 Å². The van der Waals surface area contributed by atoms with E-state index in [4.69, 9.17) is 0 Å². The molecule has 3 nitrogen and oxygen atoms in total. The standard InChI is InChI=1S/C14H12N2OS/c17-12-7-3-1-5-10(12)9-15-14-16-11-6-2-4-8-13(11)18-14/h1-8,17H,9H2,(H,15,16). The number of thiazole rings is 1. The highest BCUT2D eigenvalue weighted by atomic mass is 32.1. The molecule has 3 aromatic rings. The van der Waals surface area contributed by atoms with Gasteiger partial charge < -0.3 is 10.4 Å². The van der Waals surface area contributed by atoms with E-state index in [9.17, 15) is 5.11 Å². The molecule has 90 valence electrons. The molecule has 0 unspecified atom stereocenters. The number of para-hydroxylation sites is 2. The van der Waals surface area contributed by atoms with Gasteiger partial charge in [-0.05, 0) is 18.2 Å². The van der Waals surface area contributed by atoms with Crippen LogP contribution in [0.2, 0.25) is 0 Å². The van der Waals surface area contributed by atoms with Crippen LogP contribution in [-0.4, -0.2) is 10.1 Å². The van der Waals surface area contributed by atoms with Crippen LogP contribution >= 0.6 is 11.3 Å². The number of phenolic OH excluding ortho intramolecular Hbond substituents is 1.